The van der Waals surface area contributed by atoms with Gasteiger partial charge in [-0.3, -0.25) is 4.90 Å². The topological polar surface area (TPSA) is 12.5 Å². The van der Waals surface area contributed by atoms with Crippen LogP contribution in [0.25, 0.3) is 0 Å². The van der Waals surface area contributed by atoms with Gasteiger partial charge in [0.2, 0.25) is 0 Å². The molecule has 0 aromatic rings. The van der Waals surface area contributed by atoms with E-state index in [9.17, 15) is 0 Å². The van der Waals surface area contributed by atoms with Gasteiger partial charge in [0.1, 0.15) is 0 Å². The highest BCUT2D eigenvalue weighted by Crippen LogP contribution is 2.29. The van der Waals surface area contributed by atoms with E-state index in [0.29, 0.717) is 30.3 Å². The molecule has 2 nitrogen and oxygen atoms in total. The van der Waals surface area contributed by atoms with Crippen LogP contribution in [0.2, 0.25) is 0 Å². The van der Waals surface area contributed by atoms with Crippen LogP contribution in [0.4, 0.5) is 0 Å². The van der Waals surface area contributed by atoms with Gasteiger partial charge in [-0.25, -0.2) is 0 Å². The molecule has 0 aliphatic heterocycles. The highest BCUT2D eigenvalue weighted by molar-refractivity contribution is 4.87. The normalized spacial score (nSPS) is 19.6. The summed E-state index contributed by atoms with van der Waals surface area (Å²) in [6.07, 6.45) is 6.01. The fourth-order valence-electron chi connectivity index (χ4n) is 3.29. The number of hydrogen-bond donors (Lipinski definition) is 0. The lowest BCUT2D eigenvalue weighted by Crippen LogP contribution is -2.53. The van der Waals surface area contributed by atoms with Crippen LogP contribution in [-0.4, -0.2) is 35.2 Å². The van der Waals surface area contributed by atoms with Crippen LogP contribution in [0.5, 0.6) is 0 Å². The van der Waals surface area contributed by atoms with Crippen molar-refractivity contribution in [3.8, 4) is 0 Å². The average Bonchev–Trinajstić information content (AvgIpc) is 2.18. The van der Waals surface area contributed by atoms with Crippen molar-refractivity contribution in [3.05, 3.63) is 0 Å². The second kappa shape index (κ2) is 18.3. The Bertz CT molecular complexity index is 206. The number of rotatable bonds is 5. The summed E-state index contributed by atoms with van der Waals surface area (Å²) >= 11 is 0. The molecule has 0 N–H and O–H groups in total. The average molecular weight is 338 g/mol. The van der Waals surface area contributed by atoms with Crippen molar-refractivity contribution in [1.29, 1.82) is 0 Å². The van der Waals surface area contributed by atoms with Crippen LogP contribution in [0.3, 0.4) is 0 Å². The maximum atomic E-state index is 6.14. The van der Waals surface area contributed by atoms with Crippen molar-refractivity contribution in [2.24, 2.45) is 0 Å². The largest absolute Gasteiger partial charge is 0.374 e. The van der Waals surface area contributed by atoms with Gasteiger partial charge < -0.3 is 4.74 Å². The smallest absolute Gasteiger partial charge is 0.0733 e. The van der Waals surface area contributed by atoms with E-state index in [1.54, 1.807) is 0 Å². The molecule has 0 radical (unpaired) electrons. The van der Waals surface area contributed by atoms with Crippen molar-refractivity contribution < 1.29 is 4.74 Å². The Hall–Kier alpha value is -0.0800. The molecule has 150 valence electrons. The van der Waals surface area contributed by atoms with Crippen molar-refractivity contribution in [1.82, 2.24) is 4.90 Å². The van der Waals surface area contributed by atoms with Crippen molar-refractivity contribution in [3.63, 3.8) is 0 Å². The van der Waals surface area contributed by atoms with E-state index < -0.39 is 0 Å². The quantitative estimate of drug-likeness (QED) is 0.510. The van der Waals surface area contributed by atoms with Gasteiger partial charge in [0, 0.05) is 18.1 Å². The Labute approximate surface area is 152 Å². The summed E-state index contributed by atoms with van der Waals surface area (Å²) in [5.41, 5.74) is 0. The number of hydrogen-bond acceptors (Lipinski definition) is 2. The zero-order valence-corrected chi connectivity index (χ0v) is 12.6. The van der Waals surface area contributed by atoms with Crippen LogP contribution >= 0.6 is 0 Å². The lowest BCUT2D eigenvalue weighted by molar-refractivity contribution is -0.0782. The summed E-state index contributed by atoms with van der Waals surface area (Å²) in [6, 6.07) is 1.83. The zero-order valence-electron chi connectivity index (χ0n) is 12.6. The first-order valence-corrected chi connectivity index (χ1v) is 7.36. The predicted molar refractivity (Wildman–Crippen MR) is 115 cm³/mol. The summed E-state index contributed by atoms with van der Waals surface area (Å²) in [5.74, 6) is 0. The van der Waals surface area contributed by atoms with Gasteiger partial charge >= 0.3 is 0 Å². The van der Waals surface area contributed by atoms with E-state index >= 15 is 0 Å². The Morgan fingerprint density at radius 3 is 1.43 bits per heavy atom. The fourth-order valence-corrected chi connectivity index (χ4v) is 3.29. The molecule has 0 aromatic carbocycles. The maximum Gasteiger partial charge on any atom is 0.0733 e. The molecule has 0 bridgehead atoms. The van der Waals surface area contributed by atoms with Gasteiger partial charge in [0.05, 0.1) is 12.2 Å². The van der Waals surface area contributed by atoms with Crippen LogP contribution in [0, 0.1) is 0 Å². The van der Waals surface area contributed by atoms with E-state index in [1.807, 2.05) is 0 Å². The Morgan fingerprint density at radius 1 is 0.696 bits per heavy atom. The summed E-state index contributed by atoms with van der Waals surface area (Å²) in [6.45, 7) is 13.5. The lowest BCUT2D eigenvalue weighted by Gasteiger charge is -2.44. The molecule has 0 amide bonds. The highest BCUT2D eigenvalue weighted by Gasteiger charge is 2.33. The summed E-state index contributed by atoms with van der Waals surface area (Å²) in [7, 11) is 0. The molecule has 0 aromatic heterocycles. The minimum Gasteiger partial charge on any atom is -0.374 e. The third kappa shape index (κ3) is 12.0. The number of ether oxygens (including phenoxy) is 1. The van der Waals surface area contributed by atoms with Crippen molar-refractivity contribution in [2.45, 2.75) is 142 Å². The molecule has 1 saturated carbocycles. The van der Waals surface area contributed by atoms with Crippen molar-refractivity contribution >= 4 is 0 Å². The Morgan fingerprint density at radius 2 is 1.09 bits per heavy atom. The Kier molecular flexibility index (Phi) is 30.5. The molecule has 2 unspecified atom stereocenters. The van der Waals surface area contributed by atoms with Gasteiger partial charge in [0.15, 0.2) is 0 Å². The Balaban J connectivity index is -0.000000120. The zero-order chi connectivity index (χ0) is 13.0. The highest BCUT2D eigenvalue weighted by atomic mass is 16.5. The second-order valence-corrected chi connectivity index (χ2v) is 6.21. The SMILES string of the molecule is C.C.C.C.C.C.CC(C)OC1CCCCC1N(C(C)C)C(C)C. The van der Waals surface area contributed by atoms with E-state index in [4.69, 9.17) is 4.74 Å². The van der Waals surface area contributed by atoms with E-state index in [2.05, 4.69) is 46.4 Å². The summed E-state index contributed by atoms with van der Waals surface area (Å²) < 4.78 is 6.14. The van der Waals surface area contributed by atoms with Crippen molar-refractivity contribution in [2.75, 3.05) is 0 Å². The van der Waals surface area contributed by atoms with Gasteiger partial charge in [-0.05, 0) is 54.4 Å². The first kappa shape index (κ1) is 38.5. The molecule has 2 heteroatoms. The predicted octanol–water partition coefficient (Wildman–Crippen LogP) is 7.66. The molecule has 2 atom stereocenters. The monoisotopic (exact) mass is 337 g/mol. The first-order valence-electron chi connectivity index (χ1n) is 7.36. The van der Waals surface area contributed by atoms with E-state index in [-0.39, 0.29) is 44.6 Å². The lowest BCUT2D eigenvalue weighted by atomic mass is 9.89. The second-order valence-electron chi connectivity index (χ2n) is 6.21. The molecule has 1 fully saturated rings. The minimum atomic E-state index is 0. The van der Waals surface area contributed by atoms with Gasteiger partial charge in [-0.1, -0.05) is 57.4 Å². The van der Waals surface area contributed by atoms with Gasteiger partial charge in [-0.2, -0.15) is 0 Å². The molecular formula is C21H55NO. The molecule has 23 heavy (non-hydrogen) atoms. The van der Waals surface area contributed by atoms with Crippen LogP contribution in [0.1, 0.15) is 112 Å². The van der Waals surface area contributed by atoms with Gasteiger partial charge in [0.25, 0.3) is 0 Å². The van der Waals surface area contributed by atoms with Gasteiger partial charge in [-0.15, -0.1) is 0 Å². The number of nitrogens with zero attached hydrogens (tertiary/aromatic N) is 1. The first-order chi connectivity index (χ1) is 7.93. The molecule has 1 aliphatic rings. The minimum absolute atomic E-state index is 0. The molecule has 0 saturated heterocycles. The molecule has 1 aliphatic carbocycles. The standard InChI is InChI=1S/C15H31NO.6CH4/c1-11(2)16(12(3)4)14-9-7-8-10-15(14)17-13(5)6;;;;;;/h11-15H,7-10H2,1-6H3;6*1H4. The summed E-state index contributed by atoms with van der Waals surface area (Å²) in [4.78, 5) is 2.65. The maximum absolute atomic E-state index is 6.14. The van der Waals surface area contributed by atoms with Crippen LogP contribution in [0.15, 0.2) is 0 Å². The van der Waals surface area contributed by atoms with Crippen LogP contribution in [-0.2, 0) is 4.74 Å². The summed E-state index contributed by atoms with van der Waals surface area (Å²) in [5, 5.41) is 0. The molecular weight excluding hydrogens is 282 g/mol. The third-order valence-corrected chi connectivity index (χ3v) is 3.69. The molecule has 0 heterocycles. The van der Waals surface area contributed by atoms with E-state index in [0.717, 1.165) is 0 Å². The van der Waals surface area contributed by atoms with Crippen LogP contribution < -0.4 is 0 Å². The molecule has 1 rings (SSSR count). The van der Waals surface area contributed by atoms with E-state index in [1.165, 1.54) is 25.7 Å². The molecule has 0 spiro atoms. The fraction of sp³-hybridized carbons (Fsp3) is 1.00. The third-order valence-electron chi connectivity index (χ3n) is 3.69.